The van der Waals surface area contributed by atoms with Gasteiger partial charge in [0.15, 0.2) is 0 Å². The maximum atomic E-state index is 12.8. The summed E-state index contributed by atoms with van der Waals surface area (Å²) >= 11 is 0. The first kappa shape index (κ1) is 17.0. The summed E-state index contributed by atoms with van der Waals surface area (Å²) in [4.78, 5) is 28.7. The average molecular weight is 328 g/mol. The maximum Gasteiger partial charge on any atom is 0.229 e. The number of rotatable bonds is 4. The summed E-state index contributed by atoms with van der Waals surface area (Å²) in [6.45, 7) is 4.28. The summed E-state index contributed by atoms with van der Waals surface area (Å²) in [6, 6.07) is 8.67. The van der Waals surface area contributed by atoms with Crippen LogP contribution in [0, 0.1) is 0 Å². The third-order valence-corrected chi connectivity index (χ3v) is 5.46. The number of benzene rings is 1. The number of amides is 2. The van der Waals surface area contributed by atoms with Crippen LogP contribution in [0.1, 0.15) is 57.9 Å². The minimum atomic E-state index is 0.101. The van der Waals surface area contributed by atoms with Crippen molar-refractivity contribution in [3.05, 3.63) is 29.8 Å². The van der Waals surface area contributed by atoms with Gasteiger partial charge in [-0.2, -0.15) is 0 Å². The van der Waals surface area contributed by atoms with Crippen LogP contribution in [0.3, 0.4) is 0 Å². The summed E-state index contributed by atoms with van der Waals surface area (Å²) in [5, 5.41) is 0. The molecular weight excluding hydrogens is 300 g/mol. The lowest BCUT2D eigenvalue weighted by molar-refractivity contribution is -0.132. The second-order valence-corrected chi connectivity index (χ2v) is 7.20. The number of carbonyl (C=O) groups is 2. The Kier molecular flexibility index (Phi) is 5.22. The van der Waals surface area contributed by atoms with Gasteiger partial charge in [-0.15, -0.1) is 0 Å². The van der Waals surface area contributed by atoms with Crippen LogP contribution < -0.4 is 4.90 Å². The van der Waals surface area contributed by atoms with Crippen molar-refractivity contribution in [2.24, 2.45) is 0 Å². The van der Waals surface area contributed by atoms with Crippen molar-refractivity contribution in [1.29, 1.82) is 0 Å². The predicted octanol–water partition coefficient (Wildman–Crippen LogP) is 3.54. The Balaban J connectivity index is 1.64. The van der Waals surface area contributed by atoms with Crippen molar-refractivity contribution in [3.63, 3.8) is 0 Å². The molecule has 1 fully saturated rings. The maximum absolute atomic E-state index is 12.8. The van der Waals surface area contributed by atoms with Gasteiger partial charge >= 0.3 is 0 Å². The number of hydrogen-bond acceptors (Lipinski definition) is 2. The zero-order chi connectivity index (χ0) is 17.1. The Morgan fingerprint density at radius 3 is 2.58 bits per heavy atom. The first-order valence-corrected chi connectivity index (χ1v) is 9.25. The number of fused-ring (bicyclic) bond motifs is 1. The Hall–Kier alpha value is -1.84. The number of para-hydroxylation sites is 1. The van der Waals surface area contributed by atoms with Crippen molar-refractivity contribution in [2.75, 3.05) is 11.4 Å². The number of anilines is 1. The van der Waals surface area contributed by atoms with Crippen LogP contribution in [0.2, 0.25) is 0 Å². The van der Waals surface area contributed by atoms with Crippen LogP contribution in [0.5, 0.6) is 0 Å². The molecule has 0 bridgehead atoms. The molecule has 2 amide bonds. The molecule has 1 aromatic carbocycles. The van der Waals surface area contributed by atoms with Gasteiger partial charge in [0.05, 0.1) is 0 Å². The molecule has 1 heterocycles. The second-order valence-electron chi connectivity index (χ2n) is 7.20. The normalized spacial score (nSPS) is 20.8. The molecule has 1 saturated carbocycles. The lowest BCUT2D eigenvalue weighted by atomic mass is 9.94. The number of hydrogen-bond donors (Lipinski definition) is 0. The molecule has 3 rings (SSSR count). The van der Waals surface area contributed by atoms with E-state index >= 15 is 0 Å². The quantitative estimate of drug-likeness (QED) is 0.848. The molecule has 1 aliphatic carbocycles. The van der Waals surface area contributed by atoms with E-state index in [0.717, 1.165) is 24.9 Å². The van der Waals surface area contributed by atoms with Gasteiger partial charge in [0.2, 0.25) is 11.8 Å². The molecule has 4 nitrogen and oxygen atoms in total. The fraction of sp³-hybridized carbons (Fsp3) is 0.600. The Labute approximate surface area is 144 Å². The Bertz CT molecular complexity index is 607. The van der Waals surface area contributed by atoms with E-state index in [1.54, 1.807) is 6.92 Å². The number of carbonyl (C=O) groups excluding carboxylic acids is 2. The van der Waals surface area contributed by atoms with Gasteiger partial charge in [-0.3, -0.25) is 9.59 Å². The highest BCUT2D eigenvalue weighted by Gasteiger charge is 2.31. The highest BCUT2D eigenvalue weighted by atomic mass is 16.2. The van der Waals surface area contributed by atoms with Crippen LogP contribution in [0.15, 0.2) is 24.3 Å². The lowest BCUT2D eigenvalue weighted by Crippen LogP contribution is -2.43. The van der Waals surface area contributed by atoms with Crippen LogP contribution in [-0.4, -0.2) is 35.3 Å². The number of nitrogens with zero attached hydrogens (tertiary/aromatic N) is 2. The molecule has 1 atom stereocenters. The van der Waals surface area contributed by atoms with Crippen molar-refractivity contribution in [2.45, 2.75) is 70.9 Å². The molecule has 1 aliphatic heterocycles. The highest BCUT2D eigenvalue weighted by Crippen LogP contribution is 2.32. The minimum absolute atomic E-state index is 0.101. The van der Waals surface area contributed by atoms with Gasteiger partial charge in [-0.05, 0) is 37.8 Å². The van der Waals surface area contributed by atoms with Gasteiger partial charge in [0, 0.05) is 37.7 Å². The fourth-order valence-corrected chi connectivity index (χ4v) is 4.27. The van der Waals surface area contributed by atoms with E-state index in [1.165, 1.54) is 24.8 Å². The minimum Gasteiger partial charge on any atom is -0.339 e. The molecule has 1 unspecified atom stereocenters. The topological polar surface area (TPSA) is 40.6 Å². The van der Waals surface area contributed by atoms with E-state index in [1.807, 2.05) is 28.0 Å². The van der Waals surface area contributed by atoms with Gasteiger partial charge in [-0.25, -0.2) is 0 Å². The zero-order valence-corrected chi connectivity index (χ0v) is 14.8. The molecular formula is C20H28N2O2. The summed E-state index contributed by atoms with van der Waals surface area (Å²) in [7, 11) is 0. The molecule has 0 spiro atoms. The lowest BCUT2D eigenvalue weighted by Gasteiger charge is -2.34. The van der Waals surface area contributed by atoms with E-state index < -0.39 is 0 Å². The first-order valence-electron chi connectivity index (χ1n) is 9.25. The van der Waals surface area contributed by atoms with Crippen molar-refractivity contribution < 1.29 is 9.59 Å². The summed E-state index contributed by atoms with van der Waals surface area (Å²) < 4.78 is 0. The van der Waals surface area contributed by atoms with Crippen molar-refractivity contribution >= 4 is 17.5 Å². The van der Waals surface area contributed by atoms with E-state index in [2.05, 4.69) is 13.0 Å². The second kappa shape index (κ2) is 7.37. The molecule has 2 aliphatic rings. The predicted molar refractivity (Wildman–Crippen MR) is 96.0 cm³/mol. The Morgan fingerprint density at radius 1 is 1.17 bits per heavy atom. The zero-order valence-electron chi connectivity index (χ0n) is 14.8. The highest BCUT2D eigenvalue weighted by molar-refractivity contribution is 5.96. The van der Waals surface area contributed by atoms with Crippen LogP contribution in [-0.2, 0) is 16.0 Å². The first-order chi connectivity index (χ1) is 11.6. The van der Waals surface area contributed by atoms with Gasteiger partial charge in [0.25, 0.3) is 0 Å². The van der Waals surface area contributed by atoms with Crippen LogP contribution in [0.4, 0.5) is 5.69 Å². The summed E-state index contributed by atoms with van der Waals surface area (Å²) in [5.74, 6) is 0.235. The van der Waals surface area contributed by atoms with E-state index in [-0.39, 0.29) is 17.9 Å². The SMILES string of the molecule is CC(=O)N(CCC(=O)N1c2ccccc2CC1C)C1CCCCC1. The van der Waals surface area contributed by atoms with Crippen molar-refractivity contribution in [3.8, 4) is 0 Å². The monoisotopic (exact) mass is 328 g/mol. The Morgan fingerprint density at radius 2 is 1.88 bits per heavy atom. The largest absolute Gasteiger partial charge is 0.339 e. The molecule has 24 heavy (non-hydrogen) atoms. The fourth-order valence-electron chi connectivity index (χ4n) is 4.27. The molecule has 0 saturated heterocycles. The van der Waals surface area contributed by atoms with E-state index in [4.69, 9.17) is 0 Å². The van der Waals surface area contributed by atoms with Crippen LogP contribution in [0.25, 0.3) is 0 Å². The molecule has 130 valence electrons. The summed E-state index contributed by atoms with van der Waals surface area (Å²) in [5.41, 5.74) is 2.29. The molecule has 0 radical (unpaired) electrons. The summed E-state index contributed by atoms with van der Waals surface area (Å²) in [6.07, 6.45) is 7.14. The third kappa shape index (κ3) is 3.47. The van der Waals surface area contributed by atoms with Gasteiger partial charge in [-0.1, -0.05) is 37.5 Å². The smallest absolute Gasteiger partial charge is 0.229 e. The standard InChI is InChI=1S/C20H28N2O2/c1-15-14-17-8-6-7-11-19(17)22(15)20(24)12-13-21(16(2)23)18-9-4-3-5-10-18/h6-8,11,15,18H,3-5,9-10,12-14H2,1-2H3. The molecule has 1 aromatic rings. The van der Waals surface area contributed by atoms with E-state index in [0.29, 0.717) is 19.0 Å². The average Bonchev–Trinajstić information content (AvgIpc) is 2.91. The van der Waals surface area contributed by atoms with Crippen molar-refractivity contribution in [1.82, 2.24) is 4.90 Å². The van der Waals surface area contributed by atoms with Crippen LogP contribution >= 0.6 is 0 Å². The molecule has 0 N–H and O–H groups in total. The van der Waals surface area contributed by atoms with E-state index in [9.17, 15) is 9.59 Å². The third-order valence-electron chi connectivity index (χ3n) is 5.46. The molecule has 0 aromatic heterocycles. The molecule has 4 heteroatoms. The van der Waals surface area contributed by atoms with Gasteiger partial charge in [0.1, 0.15) is 0 Å². The van der Waals surface area contributed by atoms with Gasteiger partial charge < -0.3 is 9.80 Å².